The van der Waals surface area contributed by atoms with Crippen LogP contribution in [-0.4, -0.2) is 28.3 Å². The fourth-order valence-electron chi connectivity index (χ4n) is 3.92. The number of nitrogens with one attached hydrogen (secondary N) is 3. The highest BCUT2D eigenvalue weighted by atomic mass is 32.1. The lowest BCUT2D eigenvalue weighted by atomic mass is 10.0. The summed E-state index contributed by atoms with van der Waals surface area (Å²) in [4.78, 5) is 6.20. The molecule has 0 atom stereocenters. The molecule has 6 heteroatoms. The van der Waals surface area contributed by atoms with E-state index in [1.54, 1.807) is 11.3 Å². The molecule has 0 fully saturated rings. The van der Waals surface area contributed by atoms with Gasteiger partial charge in [0.25, 0.3) is 0 Å². The third-order valence-electron chi connectivity index (χ3n) is 5.89. The van der Waals surface area contributed by atoms with Crippen LogP contribution < -0.4 is 10.6 Å². The van der Waals surface area contributed by atoms with Gasteiger partial charge in [0.2, 0.25) is 0 Å². The molecule has 0 radical (unpaired) electrons. The van der Waals surface area contributed by atoms with Gasteiger partial charge in [0.15, 0.2) is 0 Å². The van der Waals surface area contributed by atoms with Crippen LogP contribution in [0.1, 0.15) is 30.8 Å². The minimum absolute atomic E-state index is 0.698. The van der Waals surface area contributed by atoms with E-state index in [1.807, 2.05) is 25.1 Å². The Bertz CT molecular complexity index is 1410. The average Bonchev–Trinajstić information content (AvgIpc) is 3.55. The number of fused-ring (bicyclic) bond motifs is 1. The molecule has 4 rings (SSSR count). The molecule has 0 aliphatic rings. The lowest BCUT2D eigenvalue weighted by molar-refractivity contribution is 0.785. The number of allylic oxidation sites excluding steroid dienone is 3. The van der Waals surface area contributed by atoms with Crippen LogP contribution in [0.15, 0.2) is 84.8 Å². The van der Waals surface area contributed by atoms with Crippen molar-refractivity contribution in [2.24, 2.45) is 0 Å². The lowest BCUT2D eigenvalue weighted by Crippen LogP contribution is -2.15. The summed E-state index contributed by atoms with van der Waals surface area (Å²) in [6, 6.07) is 14.5. The topological polar surface area (TPSA) is 65.6 Å². The molecule has 0 saturated carbocycles. The molecular weight excluding hydrogens is 450 g/mol. The third-order valence-corrected chi connectivity index (χ3v) is 6.79. The van der Waals surface area contributed by atoms with Gasteiger partial charge in [0, 0.05) is 17.1 Å². The summed E-state index contributed by atoms with van der Waals surface area (Å²) in [6.45, 7) is 16.1. The summed E-state index contributed by atoms with van der Waals surface area (Å²) >= 11 is 1.74. The van der Waals surface area contributed by atoms with Crippen LogP contribution in [-0.2, 0) is 0 Å². The first-order chi connectivity index (χ1) is 17.0. The van der Waals surface area contributed by atoms with E-state index < -0.39 is 0 Å². The molecule has 0 saturated heterocycles. The molecule has 1 aromatic carbocycles. The number of pyridine rings is 1. The van der Waals surface area contributed by atoms with E-state index in [-0.39, 0.29) is 0 Å². The van der Waals surface area contributed by atoms with Gasteiger partial charge >= 0.3 is 0 Å². The molecule has 3 aromatic heterocycles. The van der Waals surface area contributed by atoms with Crippen LogP contribution in [0, 0.1) is 6.92 Å². The van der Waals surface area contributed by atoms with Crippen molar-refractivity contribution in [3.63, 3.8) is 0 Å². The van der Waals surface area contributed by atoms with Gasteiger partial charge in [-0.25, -0.2) is 4.98 Å². The van der Waals surface area contributed by atoms with Gasteiger partial charge in [-0.05, 0) is 78.4 Å². The zero-order valence-corrected chi connectivity index (χ0v) is 21.3. The molecule has 4 aromatic rings. The Morgan fingerprint density at radius 3 is 2.74 bits per heavy atom. The second kappa shape index (κ2) is 11.1. The van der Waals surface area contributed by atoms with Crippen LogP contribution in [0.25, 0.3) is 32.7 Å². The maximum absolute atomic E-state index is 4.96. The van der Waals surface area contributed by atoms with Crippen molar-refractivity contribution >= 4 is 39.3 Å². The zero-order chi connectivity index (χ0) is 24.8. The van der Waals surface area contributed by atoms with Crippen LogP contribution >= 0.6 is 11.3 Å². The Hall–Kier alpha value is -3.74. The molecule has 0 aliphatic carbocycles. The summed E-state index contributed by atoms with van der Waals surface area (Å²) < 4.78 is 0. The molecule has 0 bridgehead atoms. The summed E-state index contributed by atoms with van der Waals surface area (Å²) in [5.74, 6) is 0. The highest BCUT2D eigenvalue weighted by Crippen LogP contribution is 2.33. The van der Waals surface area contributed by atoms with Gasteiger partial charge in [-0.2, -0.15) is 5.10 Å². The van der Waals surface area contributed by atoms with Crippen LogP contribution in [0.2, 0.25) is 0 Å². The number of thiophene rings is 1. The van der Waals surface area contributed by atoms with E-state index in [1.165, 1.54) is 16.0 Å². The number of hydrogen-bond acceptors (Lipinski definition) is 5. The molecule has 5 nitrogen and oxygen atoms in total. The number of aromatic nitrogens is 3. The van der Waals surface area contributed by atoms with Crippen LogP contribution in [0.4, 0.5) is 5.69 Å². The number of likely N-dealkylation sites (N-methyl/N-ethyl adjacent to an activating group) is 1. The van der Waals surface area contributed by atoms with Gasteiger partial charge in [-0.3, -0.25) is 5.10 Å². The third kappa shape index (κ3) is 5.34. The van der Waals surface area contributed by atoms with Crippen molar-refractivity contribution in [3.05, 3.63) is 102 Å². The molecule has 0 spiro atoms. The van der Waals surface area contributed by atoms with Crippen molar-refractivity contribution in [2.45, 2.75) is 20.8 Å². The van der Waals surface area contributed by atoms with E-state index in [0.717, 1.165) is 46.7 Å². The maximum atomic E-state index is 4.96. The largest absolute Gasteiger partial charge is 0.354 e. The number of H-pyrrole nitrogens is 1. The highest BCUT2D eigenvalue weighted by Gasteiger charge is 2.15. The van der Waals surface area contributed by atoms with Crippen molar-refractivity contribution in [3.8, 4) is 10.4 Å². The predicted molar refractivity (Wildman–Crippen MR) is 152 cm³/mol. The Labute approximate surface area is 211 Å². The van der Waals surface area contributed by atoms with Gasteiger partial charge < -0.3 is 10.6 Å². The van der Waals surface area contributed by atoms with Crippen molar-refractivity contribution in [1.82, 2.24) is 20.5 Å². The molecule has 0 amide bonds. The number of benzene rings is 1. The fraction of sp³-hybridized carbons (Fsp3) is 0.172. The molecular formula is C29H31N5S. The Morgan fingerprint density at radius 1 is 1.17 bits per heavy atom. The van der Waals surface area contributed by atoms with E-state index >= 15 is 0 Å². The Kier molecular flexibility index (Phi) is 7.75. The predicted octanol–water partition coefficient (Wildman–Crippen LogP) is 7.20. The normalized spacial score (nSPS) is 12.2. The van der Waals surface area contributed by atoms with Gasteiger partial charge in [0.05, 0.1) is 16.9 Å². The summed E-state index contributed by atoms with van der Waals surface area (Å²) in [5.41, 5.74) is 9.47. The SMILES string of the molecule is C=C/C(=C\C(=C/C)c1ccc2[nH]nc(C(=C)Nc3cccc(-c4cccs4)c3C)c2n1)CNCC. The average molecular weight is 482 g/mol. The standard InChI is InChI=1S/C29H31N5S/c1-6-21(18-30-8-3)17-22(7-2)25-14-15-26-29(32-25)28(34-33-26)20(5)31-24-12-9-11-23(19(24)4)27-13-10-16-35-27/h6-7,9-17,30-31H,1,5,8,18H2,2-4H3,(H,33,34)/b21-17+,22-7+. The minimum Gasteiger partial charge on any atom is -0.354 e. The zero-order valence-electron chi connectivity index (χ0n) is 20.5. The molecule has 3 heterocycles. The van der Waals surface area contributed by atoms with Gasteiger partial charge in [-0.15, -0.1) is 11.3 Å². The summed E-state index contributed by atoms with van der Waals surface area (Å²) in [7, 11) is 0. The minimum atomic E-state index is 0.698. The molecule has 0 unspecified atom stereocenters. The second-order valence-corrected chi connectivity index (χ2v) is 9.12. The monoisotopic (exact) mass is 481 g/mol. The quantitative estimate of drug-likeness (QED) is 0.210. The number of aromatic amines is 1. The number of rotatable bonds is 10. The Balaban J connectivity index is 1.64. The molecule has 178 valence electrons. The van der Waals surface area contributed by atoms with Crippen molar-refractivity contribution in [1.29, 1.82) is 0 Å². The lowest BCUT2D eigenvalue weighted by Gasteiger charge is -2.13. The van der Waals surface area contributed by atoms with Crippen LogP contribution in [0.3, 0.4) is 0 Å². The van der Waals surface area contributed by atoms with Crippen molar-refractivity contribution < 1.29 is 0 Å². The first kappa shape index (κ1) is 24.4. The first-order valence-electron chi connectivity index (χ1n) is 11.7. The maximum Gasteiger partial charge on any atom is 0.134 e. The van der Waals surface area contributed by atoms with Crippen LogP contribution in [0.5, 0.6) is 0 Å². The van der Waals surface area contributed by atoms with Crippen molar-refractivity contribution in [2.75, 3.05) is 18.4 Å². The number of hydrogen-bond donors (Lipinski definition) is 3. The first-order valence-corrected chi connectivity index (χ1v) is 12.6. The fourth-order valence-corrected chi connectivity index (χ4v) is 4.73. The van der Waals surface area contributed by atoms with E-state index in [9.17, 15) is 0 Å². The van der Waals surface area contributed by atoms with E-state index in [2.05, 4.69) is 95.7 Å². The second-order valence-electron chi connectivity index (χ2n) is 8.17. The smallest absolute Gasteiger partial charge is 0.134 e. The van der Waals surface area contributed by atoms with E-state index in [0.29, 0.717) is 11.4 Å². The number of anilines is 1. The molecule has 3 N–H and O–H groups in total. The summed E-state index contributed by atoms with van der Waals surface area (Å²) in [5, 5.41) is 16.5. The molecule has 35 heavy (non-hydrogen) atoms. The number of nitrogens with zero attached hydrogens (tertiary/aromatic N) is 2. The van der Waals surface area contributed by atoms with Gasteiger partial charge in [0.1, 0.15) is 11.2 Å². The molecule has 0 aliphatic heterocycles. The van der Waals surface area contributed by atoms with E-state index in [4.69, 9.17) is 4.98 Å². The Morgan fingerprint density at radius 2 is 2.03 bits per heavy atom. The highest BCUT2D eigenvalue weighted by molar-refractivity contribution is 7.13. The van der Waals surface area contributed by atoms with Gasteiger partial charge in [-0.1, -0.05) is 50.4 Å². The summed E-state index contributed by atoms with van der Waals surface area (Å²) in [6.07, 6.45) is 6.07.